The molecule has 0 unspecified atom stereocenters. The van der Waals surface area contributed by atoms with E-state index in [0.29, 0.717) is 30.4 Å². The summed E-state index contributed by atoms with van der Waals surface area (Å²) in [6, 6.07) is 6.97. The number of aromatic nitrogens is 6. The number of aryl methyl sites for hydroxylation is 1. The van der Waals surface area contributed by atoms with Crippen LogP contribution in [0.1, 0.15) is 50.5 Å². The van der Waals surface area contributed by atoms with Crippen molar-refractivity contribution < 1.29 is 13.5 Å². The molecule has 0 spiro atoms. The monoisotopic (exact) mass is 570 g/mol. The van der Waals surface area contributed by atoms with Gasteiger partial charge < -0.3 is 14.2 Å². The normalized spacial score (nSPS) is 27.6. The van der Waals surface area contributed by atoms with Gasteiger partial charge in [0.25, 0.3) is 11.7 Å². The Morgan fingerprint density at radius 3 is 2.60 bits per heavy atom. The first-order chi connectivity index (χ1) is 19.2. The molecule has 12 heteroatoms. The summed E-state index contributed by atoms with van der Waals surface area (Å²) < 4.78 is 39.0. The Bertz CT molecular complexity index is 1550. The zero-order valence-electron chi connectivity index (χ0n) is 22.8. The molecule has 7 rings (SSSR count). The molecule has 212 valence electrons. The number of benzene rings is 1. The summed E-state index contributed by atoms with van der Waals surface area (Å²) in [4.78, 5) is 14.4. The lowest BCUT2D eigenvalue weighted by Gasteiger charge is -2.48. The van der Waals surface area contributed by atoms with Gasteiger partial charge in [-0.25, -0.2) is 18.2 Å². The van der Waals surface area contributed by atoms with Crippen LogP contribution < -0.4 is 4.90 Å². The van der Waals surface area contributed by atoms with E-state index >= 15 is 0 Å². The average molecular weight is 571 g/mol. The van der Waals surface area contributed by atoms with E-state index in [2.05, 4.69) is 38.4 Å². The van der Waals surface area contributed by atoms with Crippen molar-refractivity contribution in [2.75, 3.05) is 24.6 Å². The van der Waals surface area contributed by atoms with Gasteiger partial charge in [0, 0.05) is 55.2 Å². The van der Waals surface area contributed by atoms with Gasteiger partial charge in [-0.2, -0.15) is 4.98 Å². The Morgan fingerprint density at radius 2 is 1.90 bits per heavy atom. The van der Waals surface area contributed by atoms with E-state index < -0.39 is 11.8 Å². The van der Waals surface area contributed by atoms with E-state index in [4.69, 9.17) is 26.3 Å². The molecule has 5 atom stereocenters. The minimum atomic E-state index is -2.65. The van der Waals surface area contributed by atoms with Crippen LogP contribution in [-0.4, -0.2) is 77.8 Å². The van der Waals surface area contributed by atoms with Crippen molar-refractivity contribution in [3.8, 4) is 0 Å². The van der Waals surface area contributed by atoms with Gasteiger partial charge in [0.05, 0.1) is 12.6 Å². The van der Waals surface area contributed by atoms with Crippen molar-refractivity contribution in [1.82, 2.24) is 34.0 Å². The molecule has 1 aliphatic carbocycles. The molecular weight excluding hydrogens is 538 g/mol. The molecule has 3 aromatic heterocycles. The largest absolute Gasteiger partial charge is 0.376 e. The van der Waals surface area contributed by atoms with E-state index in [1.54, 1.807) is 18.5 Å². The van der Waals surface area contributed by atoms with Crippen LogP contribution in [-0.2, 0) is 11.3 Å². The fourth-order valence-corrected chi connectivity index (χ4v) is 6.81. The van der Waals surface area contributed by atoms with Crippen LogP contribution in [0.3, 0.4) is 0 Å². The predicted molar refractivity (Wildman–Crippen MR) is 148 cm³/mol. The summed E-state index contributed by atoms with van der Waals surface area (Å²) in [6.45, 7) is 8.96. The van der Waals surface area contributed by atoms with E-state index in [1.165, 1.54) is 0 Å². The molecule has 0 bridgehead atoms. The number of rotatable bonds is 6. The summed E-state index contributed by atoms with van der Waals surface area (Å²) in [7, 11) is 0. The highest BCUT2D eigenvalue weighted by Crippen LogP contribution is 2.57. The van der Waals surface area contributed by atoms with E-state index in [1.807, 2.05) is 23.5 Å². The number of ether oxygens (including phenoxy) is 1. The number of halogens is 3. The molecule has 40 heavy (non-hydrogen) atoms. The second kappa shape index (κ2) is 9.60. The highest BCUT2D eigenvalue weighted by atomic mass is 35.5. The molecule has 2 aliphatic heterocycles. The fraction of sp³-hybridized carbons (Fsp3) is 0.571. The maximum absolute atomic E-state index is 14.5. The second-order valence-electron chi connectivity index (χ2n) is 11.6. The Hall–Kier alpha value is -2.89. The number of hydrogen-bond donors (Lipinski definition) is 0. The number of fused-ring (bicyclic) bond motifs is 3. The van der Waals surface area contributed by atoms with Gasteiger partial charge in [-0.1, -0.05) is 23.7 Å². The van der Waals surface area contributed by atoms with Crippen LogP contribution in [0.4, 0.5) is 14.6 Å². The number of nitrogens with zero attached hydrogens (tertiary/aromatic N) is 8. The maximum Gasteiger partial charge on any atom is 0.258 e. The van der Waals surface area contributed by atoms with Crippen molar-refractivity contribution in [3.63, 3.8) is 0 Å². The minimum Gasteiger partial charge on any atom is -0.376 e. The van der Waals surface area contributed by atoms with E-state index in [9.17, 15) is 8.78 Å². The van der Waals surface area contributed by atoms with Gasteiger partial charge in [0.1, 0.15) is 17.7 Å². The van der Waals surface area contributed by atoms with Gasteiger partial charge in [0.2, 0.25) is 0 Å². The first-order valence-corrected chi connectivity index (χ1v) is 14.4. The Kier molecular flexibility index (Phi) is 6.25. The predicted octanol–water partition coefficient (Wildman–Crippen LogP) is 4.91. The molecule has 9 nitrogen and oxygen atoms in total. The minimum absolute atomic E-state index is 0.00284. The van der Waals surface area contributed by atoms with Crippen molar-refractivity contribution >= 4 is 34.4 Å². The lowest BCUT2D eigenvalue weighted by Crippen LogP contribution is -2.58. The number of hydrogen-bond acceptors (Lipinski definition) is 7. The van der Waals surface area contributed by atoms with Gasteiger partial charge in [-0.15, -0.1) is 10.2 Å². The first-order valence-electron chi connectivity index (χ1n) is 14.0. The highest BCUT2D eigenvalue weighted by Gasteiger charge is 2.62. The highest BCUT2D eigenvalue weighted by molar-refractivity contribution is 6.30. The molecular formula is C28H33ClF2N8O. The van der Waals surface area contributed by atoms with Gasteiger partial charge in [-0.05, 0) is 51.3 Å². The topological polar surface area (TPSA) is 76.6 Å². The summed E-state index contributed by atoms with van der Waals surface area (Å²) in [5.41, 5.74) is 2.57. The third-order valence-electron chi connectivity index (χ3n) is 8.85. The van der Waals surface area contributed by atoms with Crippen LogP contribution in [0.2, 0.25) is 5.02 Å². The van der Waals surface area contributed by atoms with Crippen LogP contribution in [0.25, 0.3) is 16.9 Å². The molecule has 0 amide bonds. The van der Waals surface area contributed by atoms with Gasteiger partial charge >= 0.3 is 0 Å². The van der Waals surface area contributed by atoms with Crippen LogP contribution in [0.15, 0.2) is 30.6 Å². The lowest BCUT2D eigenvalue weighted by molar-refractivity contribution is 0.0393. The molecule has 2 saturated heterocycles. The van der Waals surface area contributed by atoms with Crippen molar-refractivity contribution in [3.05, 3.63) is 47.0 Å². The maximum atomic E-state index is 14.5. The summed E-state index contributed by atoms with van der Waals surface area (Å²) in [5, 5.41) is 9.03. The van der Waals surface area contributed by atoms with Crippen LogP contribution in [0.5, 0.6) is 0 Å². The van der Waals surface area contributed by atoms with Crippen LogP contribution in [0, 0.1) is 12.8 Å². The second-order valence-corrected chi connectivity index (χ2v) is 12.1. The number of alkyl halides is 2. The van der Waals surface area contributed by atoms with E-state index in [0.717, 1.165) is 47.8 Å². The quantitative estimate of drug-likeness (QED) is 0.326. The Balaban J connectivity index is 1.25. The molecule has 1 aromatic carbocycles. The zero-order valence-corrected chi connectivity index (χ0v) is 23.6. The number of anilines is 1. The Labute approximate surface area is 236 Å². The number of imidazole rings is 1. The average Bonchev–Trinajstić information content (AvgIpc) is 3.40. The van der Waals surface area contributed by atoms with Crippen molar-refractivity contribution in [2.24, 2.45) is 5.92 Å². The molecule has 4 aromatic rings. The first kappa shape index (κ1) is 26.0. The number of piperazine rings is 1. The lowest BCUT2D eigenvalue weighted by atomic mass is 9.95. The Morgan fingerprint density at radius 1 is 1.12 bits per heavy atom. The third-order valence-corrected chi connectivity index (χ3v) is 9.10. The van der Waals surface area contributed by atoms with Crippen molar-refractivity contribution in [2.45, 2.75) is 76.7 Å². The third kappa shape index (κ3) is 4.33. The SMILES string of the molecule is Cc1nc2c(N3C[C@@H](C)N([C@@H](c4ccc(Cl)cc4)[C@H]4CC4(F)F)C[C@@H]3C)nc3nncn3c2n1C[C@@H]1CCCO1. The molecule has 5 heterocycles. The molecule has 0 radical (unpaired) electrons. The standard InChI is InChI=1S/C28H33ClF2N8O/c1-16-13-37(17(2)12-36(16)24(22-11-28(22,30)31)19-6-8-20(29)9-7-19)25-23-26(39-15-32-35-27(39)34-25)38(18(3)33-23)14-21-5-4-10-40-21/h6-9,15-17,21-22,24H,4-5,10-14H2,1-3H3/t16-,17+,21+,22-,24+/m1/s1. The molecule has 3 aliphatic rings. The molecule has 1 saturated carbocycles. The van der Waals surface area contributed by atoms with Crippen molar-refractivity contribution in [1.29, 1.82) is 0 Å². The fourth-order valence-electron chi connectivity index (χ4n) is 6.69. The summed E-state index contributed by atoms with van der Waals surface area (Å²) in [5.74, 6) is -1.21. The molecule has 0 N–H and O–H groups in total. The summed E-state index contributed by atoms with van der Waals surface area (Å²) >= 11 is 6.13. The van der Waals surface area contributed by atoms with Gasteiger partial charge in [-0.3, -0.25) is 4.90 Å². The smallest absolute Gasteiger partial charge is 0.258 e. The van der Waals surface area contributed by atoms with Gasteiger partial charge in [0.15, 0.2) is 11.5 Å². The summed E-state index contributed by atoms with van der Waals surface area (Å²) in [6.07, 6.45) is 3.82. The zero-order chi connectivity index (χ0) is 27.8. The van der Waals surface area contributed by atoms with E-state index in [-0.39, 0.29) is 30.7 Å². The van der Waals surface area contributed by atoms with Crippen LogP contribution >= 0.6 is 11.6 Å². The molecule has 3 fully saturated rings.